The standard InChI is InChI=1S/C29H35N7O5S2/c1-18-23-15-31-36(26(23)13-25(32-18)24-14-30-8-5-27(24)41-3)29-12-22(35-16-20(19(35)2)17-42(4,37)38)11-28(34-29)33-21-6-9-43(39,40)10-7-21/h5,8,11-15,19-21H,6-7,9-10,16-17H2,1-4H3,(H,33,34)/t19-,20-/m1/s1. The van der Waals surface area contributed by atoms with E-state index in [-0.39, 0.29) is 35.3 Å². The molecule has 1 N–H and O–H groups in total. The van der Waals surface area contributed by atoms with Gasteiger partial charge >= 0.3 is 0 Å². The number of fused-ring (bicyclic) bond motifs is 1. The van der Waals surface area contributed by atoms with Gasteiger partial charge in [-0.3, -0.25) is 9.97 Å². The molecule has 2 saturated heterocycles. The molecule has 2 atom stereocenters. The summed E-state index contributed by atoms with van der Waals surface area (Å²) in [5.41, 5.74) is 3.93. The number of pyridine rings is 3. The topological polar surface area (TPSA) is 149 Å². The summed E-state index contributed by atoms with van der Waals surface area (Å²) >= 11 is 0. The number of anilines is 2. The Morgan fingerprint density at radius 2 is 1.88 bits per heavy atom. The zero-order valence-corrected chi connectivity index (χ0v) is 26.2. The average molecular weight is 626 g/mol. The molecule has 0 spiro atoms. The number of nitrogens with zero attached hydrogens (tertiary/aromatic N) is 6. The van der Waals surface area contributed by atoms with Gasteiger partial charge in [0.05, 0.1) is 47.3 Å². The smallest absolute Gasteiger partial charge is 0.158 e. The largest absolute Gasteiger partial charge is 0.496 e. The van der Waals surface area contributed by atoms with Crippen LogP contribution in [0.25, 0.3) is 28.0 Å². The lowest BCUT2D eigenvalue weighted by Gasteiger charge is -2.48. The van der Waals surface area contributed by atoms with E-state index in [1.54, 1.807) is 36.4 Å². The van der Waals surface area contributed by atoms with Gasteiger partial charge in [-0.1, -0.05) is 0 Å². The fourth-order valence-corrected chi connectivity index (χ4v) is 8.61. The Kier molecular flexibility index (Phi) is 7.53. The van der Waals surface area contributed by atoms with Gasteiger partial charge in [0.1, 0.15) is 31.2 Å². The summed E-state index contributed by atoms with van der Waals surface area (Å²) in [4.78, 5) is 16.2. The van der Waals surface area contributed by atoms with Crippen LogP contribution in [0.3, 0.4) is 0 Å². The van der Waals surface area contributed by atoms with E-state index in [1.807, 2.05) is 32.0 Å². The minimum Gasteiger partial charge on any atom is -0.496 e. The lowest BCUT2D eigenvalue weighted by molar-refractivity contribution is 0.341. The zero-order valence-electron chi connectivity index (χ0n) is 24.6. The first kappa shape index (κ1) is 29.3. The maximum atomic E-state index is 12.0. The Bertz CT molecular complexity index is 1900. The predicted molar refractivity (Wildman–Crippen MR) is 166 cm³/mol. The summed E-state index contributed by atoms with van der Waals surface area (Å²) < 4.78 is 55.3. The van der Waals surface area contributed by atoms with E-state index in [4.69, 9.17) is 19.8 Å². The van der Waals surface area contributed by atoms with E-state index >= 15 is 0 Å². The third-order valence-corrected chi connectivity index (χ3v) is 11.2. The van der Waals surface area contributed by atoms with Crippen molar-refractivity contribution in [3.8, 4) is 22.8 Å². The van der Waals surface area contributed by atoms with Gasteiger partial charge < -0.3 is 15.0 Å². The van der Waals surface area contributed by atoms with Crippen LogP contribution in [-0.4, -0.2) is 90.8 Å². The molecule has 0 aliphatic carbocycles. The van der Waals surface area contributed by atoms with Crippen LogP contribution in [0, 0.1) is 12.8 Å². The van der Waals surface area contributed by atoms with Gasteiger partial charge in [-0.05, 0) is 38.8 Å². The van der Waals surface area contributed by atoms with E-state index in [0.29, 0.717) is 42.5 Å². The molecule has 2 aliphatic heterocycles. The van der Waals surface area contributed by atoms with Gasteiger partial charge in [-0.2, -0.15) is 5.10 Å². The van der Waals surface area contributed by atoms with Gasteiger partial charge in [-0.15, -0.1) is 0 Å². The first-order valence-corrected chi connectivity index (χ1v) is 18.1. The quantitative estimate of drug-likeness (QED) is 0.308. The molecule has 0 amide bonds. The molecule has 0 saturated carbocycles. The summed E-state index contributed by atoms with van der Waals surface area (Å²) in [6.45, 7) is 4.56. The Morgan fingerprint density at radius 1 is 1.12 bits per heavy atom. The number of hydrogen-bond donors (Lipinski definition) is 1. The number of methoxy groups -OCH3 is 1. The van der Waals surface area contributed by atoms with Crippen molar-refractivity contribution in [1.29, 1.82) is 0 Å². The highest BCUT2D eigenvalue weighted by molar-refractivity contribution is 7.91. The predicted octanol–water partition coefficient (Wildman–Crippen LogP) is 3.05. The van der Waals surface area contributed by atoms with E-state index < -0.39 is 19.7 Å². The average Bonchev–Trinajstić information content (AvgIpc) is 3.40. The molecule has 0 bridgehead atoms. The lowest BCUT2D eigenvalue weighted by Crippen LogP contribution is -2.57. The molecular weight excluding hydrogens is 590 g/mol. The van der Waals surface area contributed by atoms with Gasteiger partial charge in [0.15, 0.2) is 5.82 Å². The summed E-state index contributed by atoms with van der Waals surface area (Å²) in [6.07, 6.45) is 7.44. The van der Waals surface area contributed by atoms with E-state index in [2.05, 4.69) is 15.2 Å². The van der Waals surface area contributed by atoms with Crippen molar-refractivity contribution in [1.82, 2.24) is 24.7 Å². The monoisotopic (exact) mass is 625 g/mol. The van der Waals surface area contributed by atoms with Crippen LogP contribution in [-0.2, 0) is 19.7 Å². The minimum atomic E-state index is -3.10. The highest BCUT2D eigenvalue weighted by Gasteiger charge is 2.38. The van der Waals surface area contributed by atoms with Crippen LogP contribution in [0.2, 0.25) is 0 Å². The molecule has 12 nitrogen and oxygen atoms in total. The summed E-state index contributed by atoms with van der Waals surface area (Å²) in [5.74, 6) is 2.30. The second-order valence-corrected chi connectivity index (χ2v) is 16.0. The normalized spacial score (nSPS) is 20.6. The van der Waals surface area contributed by atoms with E-state index in [1.165, 1.54) is 6.26 Å². The Labute approximate surface area is 251 Å². The van der Waals surface area contributed by atoms with Crippen molar-refractivity contribution >= 4 is 42.1 Å². The maximum absolute atomic E-state index is 12.0. The Morgan fingerprint density at radius 3 is 2.58 bits per heavy atom. The molecular formula is C29H35N7O5S2. The van der Waals surface area contributed by atoms with Crippen LogP contribution in [0.15, 0.2) is 42.9 Å². The molecule has 0 unspecified atom stereocenters. The van der Waals surface area contributed by atoms with Crippen molar-refractivity contribution in [2.24, 2.45) is 5.92 Å². The number of ether oxygens (including phenoxy) is 1. The minimum absolute atomic E-state index is 0.0168. The molecule has 6 heterocycles. The number of hydrogen-bond acceptors (Lipinski definition) is 11. The molecule has 6 rings (SSSR count). The van der Waals surface area contributed by atoms with Crippen LogP contribution in [0.1, 0.15) is 25.5 Å². The molecule has 14 heteroatoms. The molecule has 228 valence electrons. The Balaban J connectivity index is 1.41. The molecule has 0 radical (unpaired) electrons. The molecule has 2 aliphatic rings. The lowest BCUT2D eigenvalue weighted by atomic mass is 9.91. The zero-order chi connectivity index (χ0) is 30.5. The Hall–Kier alpha value is -3.78. The van der Waals surface area contributed by atoms with Crippen molar-refractivity contribution in [2.75, 3.05) is 47.4 Å². The number of rotatable bonds is 8. The molecule has 4 aromatic heterocycles. The van der Waals surface area contributed by atoms with E-state index in [0.717, 1.165) is 27.8 Å². The SMILES string of the molecule is COc1ccncc1-c1cc2c(cnn2-c2cc(N3C[C@H](CS(C)(=O)=O)[C@H]3C)cc(NC3CCS(=O)(=O)CC3)n2)c(C)n1. The fraction of sp³-hybridized carbons (Fsp3) is 0.448. The van der Waals surface area contributed by atoms with Crippen molar-refractivity contribution in [3.63, 3.8) is 0 Å². The van der Waals surface area contributed by atoms with Crippen LogP contribution >= 0.6 is 0 Å². The number of aromatic nitrogens is 5. The first-order valence-electron chi connectivity index (χ1n) is 14.2. The van der Waals surface area contributed by atoms with Crippen LogP contribution in [0.4, 0.5) is 11.5 Å². The van der Waals surface area contributed by atoms with Crippen molar-refractivity contribution in [2.45, 2.75) is 38.8 Å². The molecule has 0 aromatic carbocycles. The van der Waals surface area contributed by atoms with Gasteiger partial charge in [0.25, 0.3) is 0 Å². The van der Waals surface area contributed by atoms with Gasteiger partial charge in [0.2, 0.25) is 0 Å². The van der Waals surface area contributed by atoms with E-state index in [9.17, 15) is 16.8 Å². The summed E-state index contributed by atoms with van der Waals surface area (Å²) in [7, 11) is -4.50. The van der Waals surface area contributed by atoms with Crippen molar-refractivity contribution in [3.05, 3.63) is 48.5 Å². The number of sulfone groups is 2. The molecule has 4 aromatic rings. The first-order chi connectivity index (χ1) is 20.4. The van der Waals surface area contributed by atoms with Gasteiger partial charge in [0, 0.05) is 72.1 Å². The van der Waals surface area contributed by atoms with Gasteiger partial charge in [-0.25, -0.2) is 26.5 Å². The van der Waals surface area contributed by atoms with Crippen molar-refractivity contribution < 1.29 is 21.6 Å². The molecule has 43 heavy (non-hydrogen) atoms. The highest BCUT2D eigenvalue weighted by Crippen LogP contribution is 2.36. The number of aryl methyl sites for hydroxylation is 1. The summed E-state index contributed by atoms with van der Waals surface area (Å²) in [6, 6.07) is 7.62. The third kappa shape index (κ3) is 6.03. The fourth-order valence-electron chi connectivity index (χ4n) is 5.95. The highest BCUT2D eigenvalue weighted by atomic mass is 32.2. The molecule has 2 fully saturated rings. The van der Waals surface area contributed by atoms with Crippen LogP contribution in [0.5, 0.6) is 5.75 Å². The second kappa shape index (κ2) is 11.1. The maximum Gasteiger partial charge on any atom is 0.158 e. The summed E-state index contributed by atoms with van der Waals surface area (Å²) in [5, 5.41) is 9.04. The third-order valence-electron chi connectivity index (χ3n) is 8.41. The second-order valence-electron chi connectivity index (χ2n) is 11.5. The van der Waals surface area contributed by atoms with Crippen LogP contribution < -0.4 is 15.0 Å². The number of nitrogens with one attached hydrogen (secondary N) is 1.